The van der Waals surface area contributed by atoms with Gasteiger partial charge in [0.15, 0.2) is 11.5 Å². The molecule has 5 rings (SSSR count). The molecule has 2 aromatic rings. The predicted molar refractivity (Wildman–Crippen MR) is 121 cm³/mol. The number of carbonyl (C=O) groups excluding carboxylic acids is 2. The molecule has 3 aliphatic heterocycles. The molecule has 0 N–H and O–H groups in total. The van der Waals surface area contributed by atoms with Crippen LogP contribution in [-0.2, 0) is 11.2 Å². The third-order valence-electron chi connectivity index (χ3n) is 6.87. The van der Waals surface area contributed by atoms with Crippen LogP contribution in [0.2, 0.25) is 0 Å². The fourth-order valence-electron chi connectivity index (χ4n) is 5.47. The van der Waals surface area contributed by atoms with Crippen molar-refractivity contribution < 1.29 is 19.1 Å². The van der Waals surface area contributed by atoms with Crippen molar-refractivity contribution in [3.63, 3.8) is 0 Å². The maximum absolute atomic E-state index is 13.8. The van der Waals surface area contributed by atoms with Gasteiger partial charge < -0.3 is 19.3 Å². The monoisotopic (exact) mass is 434 g/mol. The molecule has 0 aliphatic carbocycles. The number of amides is 2. The normalized spacial score (nSPS) is 21.6. The Hall–Kier alpha value is -3.02. The van der Waals surface area contributed by atoms with E-state index in [9.17, 15) is 9.59 Å². The second-order valence-corrected chi connectivity index (χ2v) is 8.65. The molecular formula is C26H30N2O4. The Morgan fingerprint density at radius 2 is 1.66 bits per heavy atom. The number of hydrogen-bond donors (Lipinski definition) is 0. The summed E-state index contributed by atoms with van der Waals surface area (Å²) < 4.78 is 11.7. The van der Waals surface area contributed by atoms with E-state index in [4.69, 9.17) is 9.47 Å². The predicted octanol–water partition coefficient (Wildman–Crippen LogP) is 3.94. The topological polar surface area (TPSA) is 59.1 Å². The first kappa shape index (κ1) is 20.9. The minimum Gasteiger partial charge on any atom is -0.490 e. The maximum atomic E-state index is 13.8. The molecule has 1 fully saturated rings. The first-order valence-electron chi connectivity index (χ1n) is 11.7. The van der Waals surface area contributed by atoms with E-state index in [1.165, 1.54) is 0 Å². The number of fused-ring (bicyclic) bond motifs is 4. The zero-order valence-corrected chi connectivity index (χ0v) is 18.8. The number of likely N-dealkylation sites (tertiary alicyclic amines) is 1. The first-order chi connectivity index (χ1) is 15.6. The highest BCUT2D eigenvalue weighted by Crippen LogP contribution is 2.49. The summed E-state index contributed by atoms with van der Waals surface area (Å²) in [5.41, 5.74) is 3.63. The molecule has 3 heterocycles. The van der Waals surface area contributed by atoms with Gasteiger partial charge in [-0.1, -0.05) is 18.2 Å². The summed E-state index contributed by atoms with van der Waals surface area (Å²) in [6.07, 6.45) is 2.81. The van der Waals surface area contributed by atoms with Gasteiger partial charge in [0.25, 0.3) is 5.91 Å². The second kappa shape index (κ2) is 8.49. The summed E-state index contributed by atoms with van der Waals surface area (Å²) in [4.78, 5) is 31.2. The standard InChI is InChI=1S/C26H30N2O4/c1-3-31-21-15-17-11-14-28-24(20(17)16-22(21)32-4-2)23(26(30)27-12-7-8-13-27)18-9-5-6-10-19(18)25(28)29/h5-6,9-10,15-16,23-24H,3-4,7-8,11-14H2,1-2H3/t23-,24-/m1/s1. The van der Waals surface area contributed by atoms with Crippen molar-refractivity contribution >= 4 is 11.8 Å². The smallest absolute Gasteiger partial charge is 0.254 e. The van der Waals surface area contributed by atoms with Crippen LogP contribution in [0.4, 0.5) is 0 Å². The fraction of sp³-hybridized carbons (Fsp3) is 0.462. The Kier molecular flexibility index (Phi) is 5.53. The molecule has 168 valence electrons. The molecule has 2 aromatic carbocycles. The number of ether oxygens (including phenoxy) is 2. The van der Waals surface area contributed by atoms with Gasteiger partial charge in [-0.05, 0) is 68.0 Å². The molecule has 2 atom stereocenters. The van der Waals surface area contributed by atoms with Crippen LogP contribution < -0.4 is 9.47 Å². The van der Waals surface area contributed by atoms with Crippen molar-refractivity contribution in [3.8, 4) is 11.5 Å². The Morgan fingerprint density at radius 3 is 2.38 bits per heavy atom. The summed E-state index contributed by atoms with van der Waals surface area (Å²) in [5.74, 6) is 1.12. The number of carbonyl (C=O) groups is 2. The molecule has 0 saturated carbocycles. The van der Waals surface area contributed by atoms with Crippen molar-refractivity contribution in [2.24, 2.45) is 0 Å². The molecule has 2 amide bonds. The van der Waals surface area contributed by atoms with E-state index in [1.807, 2.05) is 60.0 Å². The van der Waals surface area contributed by atoms with Crippen LogP contribution in [0.15, 0.2) is 36.4 Å². The Labute approximate surface area is 189 Å². The molecule has 0 unspecified atom stereocenters. The van der Waals surface area contributed by atoms with Crippen molar-refractivity contribution in [1.29, 1.82) is 0 Å². The lowest BCUT2D eigenvalue weighted by Gasteiger charge is -2.46. The second-order valence-electron chi connectivity index (χ2n) is 8.65. The summed E-state index contributed by atoms with van der Waals surface area (Å²) in [7, 11) is 0. The number of rotatable bonds is 5. The fourth-order valence-corrected chi connectivity index (χ4v) is 5.47. The summed E-state index contributed by atoms with van der Waals surface area (Å²) >= 11 is 0. The van der Waals surface area contributed by atoms with Gasteiger partial charge in [0.05, 0.1) is 25.2 Å². The van der Waals surface area contributed by atoms with Gasteiger partial charge in [0, 0.05) is 25.2 Å². The molecule has 3 aliphatic rings. The molecule has 1 saturated heterocycles. The third-order valence-corrected chi connectivity index (χ3v) is 6.87. The Balaban J connectivity index is 1.67. The Bertz CT molecular complexity index is 1040. The zero-order chi connectivity index (χ0) is 22.2. The van der Waals surface area contributed by atoms with E-state index in [-0.39, 0.29) is 17.9 Å². The van der Waals surface area contributed by atoms with Gasteiger partial charge in [-0.3, -0.25) is 9.59 Å². The van der Waals surface area contributed by atoms with Crippen LogP contribution in [0, 0.1) is 0 Å². The van der Waals surface area contributed by atoms with Gasteiger partial charge in [-0.25, -0.2) is 0 Å². The van der Waals surface area contributed by atoms with Gasteiger partial charge in [-0.2, -0.15) is 0 Å². The van der Waals surface area contributed by atoms with Crippen molar-refractivity contribution in [2.75, 3.05) is 32.8 Å². The van der Waals surface area contributed by atoms with Crippen molar-refractivity contribution in [3.05, 3.63) is 58.7 Å². The third kappa shape index (κ3) is 3.33. The summed E-state index contributed by atoms with van der Waals surface area (Å²) in [5, 5.41) is 0. The van der Waals surface area contributed by atoms with Gasteiger partial charge in [0.2, 0.25) is 5.91 Å². The van der Waals surface area contributed by atoms with E-state index < -0.39 is 5.92 Å². The molecule has 32 heavy (non-hydrogen) atoms. The summed E-state index contributed by atoms with van der Waals surface area (Å²) in [6, 6.07) is 11.3. The quantitative estimate of drug-likeness (QED) is 0.715. The minimum absolute atomic E-state index is 0.00793. The van der Waals surface area contributed by atoms with Crippen LogP contribution in [-0.4, -0.2) is 54.5 Å². The SMILES string of the molecule is CCOc1cc2c(cc1OCC)[C@@H]1[C@H](C(=O)N3CCCC3)c3ccccc3C(=O)N1CC2. The number of benzene rings is 2. The van der Waals surface area contributed by atoms with E-state index >= 15 is 0 Å². The van der Waals surface area contributed by atoms with E-state index in [1.54, 1.807) is 0 Å². The summed E-state index contributed by atoms with van der Waals surface area (Å²) in [6.45, 7) is 7.15. The highest BCUT2D eigenvalue weighted by atomic mass is 16.5. The highest BCUT2D eigenvalue weighted by Gasteiger charge is 2.47. The lowest BCUT2D eigenvalue weighted by molar-refractivity contribution is -0.133. The van der Waals surface area contributed by atoms with Gasteiger partial charge in [0.1, 0.15) is 0 Å². The van der Waals surface area contributed by atoms with Crippen LogP contribution in [0.3, 0.4) is 0 Å². The van der Waals surface area contributed by atoms with E-state index in [2.05, 4.69) is 0 Å². The minimum atomic E-state index is -0.409. The molecule has 0 aromatic heterocycles. The lowest BCUT2D eigenvalue weighted by atomic mass is 9.75. The highest BCUT2D eigenvalue weighted by molar-refractivity contribution is 6.01. The van der Waals surface area contributed by atoms with Gasteiger partial charge >= 0.3 is 0 Å². The lowest BCUT2D eigenvalue weighted by Crippen LogP contribution is -2.50. The molecule has 0 bridgehead atoms. The molecule has 6 nitrogen and oxygen atoms in total. The Morgan fingerprint density at radius 1 is 0.969 bits per heavy atom. The van der Waals surface area contributed by atoms with Crippen LogP contribution in [0.1, 0.15) is 65.7 Å². The first-order valence-corrected chi connectivity index (χ1v) is 11.7. The van der Waals surface area contributed by atoms with Crippen molar-refractivity contribution in [2.45, 2.75) is 45.1 Å². The van der Waals surface area contributed by atoms with E-state index in [0.717, 1.165) is 54.8 Å². The molecule has 0 spiro atoms. The van der Waals surface area contributed by atoms with Crippen LogP contribution in [0.25, 0.3) is 0 Å². The maximum Gasteiger partial charge on any atom is 0.254 e. The van der Waals surface area contributed by atoms with Crippen LogP contribution in [0.5, 0.6) is 11.5 Å². The molecular weight excluding hydrogens is 404 g/mol. The average molecular weight is 435 g/mol. The zero-order valence-electron chi connectivity index (χ0n) is 18.8. The van der Waals surface area contributed by atoms with Crippen molar-refractivity contribution in [1.82, 2.24) is 9.80 Å². The molecule has 6 heteroatoms. The largest absolute Gasteiger partial charge is 0.490 e. The van der Waals surface area contributed by atoms with Gasteiger partial charge in [-0.15, -0.1) is 0 Å². The van der Waals surface area contributed by atoms with E-state index in [0.29, 0.717) is 31.1 Å². The average Bonchev–Trinajstić information content (AvgIpc) is 3.35. The number of hydrogen-bond acceptors (Lipinski definition) is 4. The number of nitrogens with zero attached hydrogens (tertiary/aromatic N) is 2. The molecule has 0 radical (unpaired) electrons. The van der Waals surface area contributed by atoms with Crippen LogP contribution >= 0.6 is 0 Å².